The average Bonchev–Trinajstić information content (AvgIpc) is 2.42. The molecular formula is C13H10ClFN2O3. The Morgan fingerprint density at radius 2 is 2.20 bits per heavy atom. The Bertz CT molecular complexity index is 637. The predicted octanol–water partition coefficient (Wildman–Crippen LogP) is 2.13. The van der Waals surface area contributed by atoms with Gasteiger partial charge in [0.05, 0.1) is 11.1 Å². The van der Waals surface area contributed by atoms with Crippen LogP contribution in [0.2, 0.25) is 5.02 Å². The number of pyridine rings is 1. The first-order valence-electron chi connectivity index (χ1n) is 5.62. The van der Waals surface area contributed by atoms with Crippen molar-refractivity contribution in [2.45, 2.75) is 0 Å². The first-order valence-corrected chi connectivity index (χ1v) is 6.00. The number of nitrogens with one attached hydrogen (secondary N) is 1. The molecular weight excluding hydrogens is 287 g/mol. The van der Waals surface area contributed by atoms with Gasteiger partial charge in [0.15, 0.2) is 12.8 Å². The number of nitrogens with zero attached hydrogens (tertiary/aromatic N) is 1. The summed E-state index contributed by atoms with van der Waals surface area (Å²) in [6.07, 6.45) is 1.26. The number of halogens is 2. The van der Waals surface area contributed by atoms with Gasteiger partial charge in [-0.2, -0.15) is 0 Å². The number of rotatable bonds is 4. The highest BCUT2D eigenvalue weighted by molar-refractivity contribution is 6.31. The van der Waals surface area contributed by atoms with Crippen LogP contribution >= 0.6 is 11.6 Å². The maximum absolute atomic E-state index is 12.9. The fourth-order valence-corrected chi connectivity index (χ4v) is 1.62. The molecule has 0 saturated heterocycles. The summed E-state index contributed by atoms with van der Waals surface area (Å²) in [6.45, 7) is -0.346. The smallest absolute Gasteiger partial charge is 0.379 e. The molecule has 2 aromatic rings. The highest BCUT2D eigenvalue weighted by Gasteiger charge is 2.09. The normalized spacial score (nSPS) is 10.1. The monoisotopic (exact) mass is 296 g/mol. The van der Waals surface area contributed by atoms with Crippen LogP contribution in [-0.2, 0) is 4.79 Å². The van der Waals surface area contributed by atoms with E-state index in [4.69, 9.17) is 16.3 Å². The predicted molar refractivity (Wildman–Crippen MR) is 70.9 cm³/mol. The number of carbonyl (C=O) groups is 1. The fraction of sp³-hybridized carbons (Fsp3) is 0.0769. The maximum Gasteiger partial charge on any atom is 0.379 e. The lowest BCUT2D eigenvalue weighted by Crippen LogP contribution is -2.30. The third kappa shape index (κ3) is 3.58. The molecule has 0 bridgehead atoms. The van der Waals surface area contributed by atoms with Crippen molar-refractivity contribution in [2.24, 2.45) is 0 Å². The van der Waals surface area contributed by atoms with E-state index in [9.17, 15) is 14.4 Å². The summed E-state index contributed by atoms with van der Waals surface area (Å²) in [5, 5.41) is 13.7. The van der Waals surface area contributed by atoms with Crippen LogP contribution in [0, 0.1) is 11.0 Å². The minimum Gasteiger partial charge on any atom is -0.616 e. The molecule has 1 amide bonds. The third-order valence-electron chi connectivity index (χ3n) is 2.34. The van der Waals surface area contributed by atoms with Gasteiger partial charge in [0, 0.05) is 11.8 Å². The molecule has 1 heterocycles. The molecule has 5 nitrogen and oxygen atoms in total. The van der Waals surface area contributed by atoms with Crippen molar-refractivity contribution in [3.05, 3.63) is 58.6 Å². The summed E-state index contributed by atoms with van der Waals surface area (Å²) in [5.41, 5.74) is 0.341. The van der Waals surface area contributed by atoms with Gasteiger partial charge in [0.2, 0.25) is 0 Å². The number of carbonyl (C=O) groups excluding carboxylic acids is 1. The molecule has 0 spiro atoms. The molecule has 0 fully saturated rings. The lowest BCUT2D eigenvalue weighted by Gasteiger charge is -2.07. The second kappa shape index (κ2) is 6.21. The van der Waals surface area contributed by atoms with Crippen LogP contribution in [-0.4, -0.2) is 12.5 Å². The molecule has 20 heavy (non-hydrogen) atoms. The van der Waals surface area contributed by atoms with Crippen LogP contribution in [0.3, 0.4) is 0 Å². The number of hydrogen-bond donors (Lipinski definition) is 1. The second-order valence-electron chi connectivity index (χ2n) is 3.83. The van der Waals surface area contributed by atoms with Gasteiger partial charge in [-0.25, -0.2) is 4.39 Å². The number of ether oxygens (including phenoxy) is 1. The zero-order valence-corrected chi connectivity index (χ0v) is 10.9. The molecule has 2 rings (SSSR count). The van der Waals surface area contributed by atoms with Crippen molar-refractivity contribution in [2.75, 3.05) is 11.9 Å². The van der Waals surface area contributed by atoms with Crippen molar-refractivity contribution in [3.63, 3.8) is 0 Å². The van der Waals surface area contributed by atoms with Gasteiger partial charge in [-0.15, -0.1) is 4.73 Å². The van der Waals surface area contributed by atoms with E-state index < -0.39 is 11.7 Å². The molecule has 0 saturated carbocycles. The minimum atomic E-state index is -0.572. The minimum absolute atomic E-state index is 0.0137. The van der Waals surface area contributed by atoms with E-state index in [-0.39, 0.29) is 17.5 Å². The molecule has 7 heteroatoms. The first-order chi connectivity index (χ1) is 9.56. The Morgan fingerprint density at radius 1 is 1.40 bits per heavy atom. The summed E-state index contributed by atoms with van der Waals surface area (Å²) in [4.78, 5) is 11.6. The molecule has 104 valence electrons. The van der Waals surface area contributed by atoms with Crippen molar-refractivity contribution < 1.29 is 18.7 Å². The molecule has 0 aliphatic carbocycles. The van der Waals surface area contributed by atoms with Crippen LogP contribution < -0.4 is 14.8 Å². The highest BCUT2D eigenvalue weighted by atomic mass is 35.5. The van der Waals surface area contributed by atoms with Crippen LogP contribution in [0.1, 0.15) is 0 Å². The molecule has 1 aromatic carbocycles. The van der Waals surface area contributed by atoms with Gasteiger partial charge in [0.1, 0.15) is 5.82 Å². The van der Waals surface area contributed by atoms with E-state index in [1.807, 2.05) is 0 Å². The average molecular weight is 297 g/mol. The molecule has 1 aromatic heterocycles. The number of aromatic nitrogens is 1. The van der Waals surface area contributed by atoms with Gasteiger partial charge in [-0.05, 0) is 24.3 Å². The molecule has 0 aliphatic rings. The summed E-state index contributed by atoms with van der Waals surface area (Å²) in [7, 11) is 0. The Morgan fingerprint density at radius 3 is 2.90 bits per heavy atom. The number of amides is 1. The van der Waals surface area contributed by atoms with Gasteiger partial charge in [-0.3, -0.25) is 4.79 Å². The van der Waals surface area contributed by atoms with Crippen LogP contribution in [0.15, 0.2) is 42.6 Å². The van der Waals surface area contributed by atoms with Crippen LogP contribution in [0.4, 0.5) is 10.1 Å². The van der Waals surface area contributed by atoms with E-state index in [1.54, 1.807) is 12.1 Å². The van der Waals surface area contributed by atoms with Gasteiger partial charge in [0.25, 0.3) is 5.91 Å². The van der Waals surface area contributed by atoms with E-state index in [1.165, 1.54) is 24.4 Å². The fourth-order valence-electron chi connectivity index (χ4n) is 1.43. The molecule has 0 radical (unpaired) electrons. The van der Waals surface area contributed by atoms with Crippen LogP contribution in [0.5, 0.6) is 5.88 Å². The van der Waals surface area contributed by atoms with Gasteiger partial charge >= 0.3 is 5.88 Å². The van der Waals surface area contributed by atoms with Crippen molar-refractivity contribution in [1.82, 2.24) is 0 Å². The molecule has 1 N–H and O–H groups in total. The van der Waals surface area contributed by atoms with E-state index in [0.29, 0.717) is 10.4 Å². The zero-order valence-electron chi connectivity index (χ0n) is 10.2. The number of benzene rings is 1. The Labute approximate surface area is 119 Å². The summed E-state index contributed by atoms with van der Waals surface area (Å²) in [6, 6.07) is 8.39. The summed E-state index contributed by atoms with van der Waals surface area (Å²) < 4.78 is 18.5. The Hall–Kier alpha value is -2.34. The molecule has 0 aliphatic heterocycles. The van der Waals surface area contributed by atoms with Crippen LogP contribution in [0.25, 0.3) is 0 Å². The summed E-state index contributed by atoms with van der Waals surface area (Å²) in [5.74, 6) is -1.05. The number of hydrogen-bond acceptors (Lipinski definition) is 3. The lowest BCUT2D eigenvalue weighted by atomic mass is 10.3. The quantitative estimate of drug-likeness (QED) is 0.694. The lowest BCUT2D eigenvalue weighted by molar-refractivity contribution is -0.612. The first kappa shape index (κ1) is 14.1. The second-order valence-corrected chi connectivity index (χ2v) is 4.24. The molecule has 0 atom stereocenters. The van der Waals surface area contributed by atoms with Gasteiger partial charge in [-0.1, -0.05) is 11.6 Å². The van der Waals surface area contributed by atoms with E-state index in [0.717, 1.165) is 6.07 Å². The largest absolute Gasteiger partial charge is 0.616 e. The topological polar surface area (TPSA) is 65.3 Å². The van der Waals surface area contributed by atoms with E-state index in [2.05, 4.69) is 5.32 Å². The highest BCUT2D eigenvalue weighted by Crippen LogP contribution is 2.19. The zero-order chi connectivity index (χ0) is 14.5. The van der Waals surface area contributed by atoms with E-state index >= 15 is 0 Å². The Balaban J connectivity index is 1.93. The Kier molecular flexibility index (Phi) is 4.37. The van der Waals surface area contributed by atoms with Crippen molar-refractivity contribution >= 4 is 23.2 Å². The van der Waals surface area contributed by atoms with Gasteiger partial charge < -0.3 is 15.3 Å². The SMILES string of the molecule is O=C(COc1cccc[n+]1[O-])Nc1ccc(F)c(Cl)c1. The maximum atomic E-state index is 12.9. The van der Waals surface area contributed by atoms with Crippen molar-refractivity contribution in [3.8, 4) is 5.88 Å². The third-order valence-corrected chi connectivity index (χ3v) is 2.63. The molecule has 0 unspecified atom stereocenters. The standard InChI is InChI=1S/C13H10ClFN2O3/c14-10-7-9(4-5-11(10)15)16-12(18)8-20-13-3-1-2-6-17(13)19/h1-7H,8H2,(H,16,18). The van der Waals surface area contributed by atoms with Crippen molar-refractivity contribution in [1.29, 1.82) is 0 Å². The summed E-state index contributed by atoms with van der Waals surface area (Å²) >= 11 is 5.59. The number of anilines is 1.